The molecule has 32 heavy (non-hydrogen) atoms. The van der Waals surface area contributed by atoms with E-state index in [1.165, 1.54) is 16.7 Å². The Labute approximate surface area is 190 Å². The Balaban J connectivity index is 1.52. The molecule has 4 rings (SSSR count). The molecule has 1 heteroatoms. The lowest BCUT2D eigenvalue weighted by molar-refractivity contribution is 0.621. The van der Waals surface area contributed by atoms with Crippen LogP contribution in [0.4, 0.5) is 4.39 Å². The van der Waals surface area contributed by atoms with Gasteiger partial charge in [-0.1, -0.05) is 85.5 Å². The highest BCUT2D eigenvalue weighted by Gasteiger charge is 2.07. The fourth-order valence-electron chi connectivity index (χ4n) is 3.84. The molecule has 0 spiro atoms. The van der Waals surface area contributed by atoms with Gasteiger partial charge in [0.15, 0.2) is 0 Å². The molecule has 0 saturated heterocycles. The Bertz CT molecular complexity index is 1300. The molecule has 0 heterocycles. The Morgan fingerprint density at radius 2 is 1.44 bits per heavy atom. The van der Waals surface area contributed by atoms with Gasteiger partial charge in [0.2, 0.25) is 0 Å². The van der Waals surface area contributed by atoms with Crippen molar-refractivity contribution in [3.05, 3.63) is 119 Å². The summed E-state index contributed by atoms with van der Waals surface area (Å²) in [5.74, 6) is 6.34. The Morgan fingerprint density at radius 1 is 0.781 bits per heavy atom. The minimum atomic E-state index is -0.117. The summed E-state index contributed by atoms with van der Waals surface area (Å²) < 4.78 is 14.8. The molecule has 4 aromatic carbocycles. The van der Waals surface area contributed by atoms with Crippen LogP contribution in [-0.4, -0.2) is 0 Å². The van der Waals surface area contributed by atoms with E-state index < -0.39 is 0 Å². The lowest BCUT2D eigenvalue weighted by atomic mass is 10.0. The number of aryl methyl sites for hydroxylation is 2. The van der Waals surface area contributed by atoms with E-state index in [4.69, 9.17) is 0 Å². The molecule has 0 bridgehead atoms. The van der Waals surface area contributed by atoms with E-state index in [0.717, 1.165) is 34.9 Å². The third-order valence-corrected chi connectivity index (χ3v) is 5.78. The average Bonchev–Trinajstić information content (AvgIpc) is 2.84. The van der Waals surface area contributed by atoms with Gasteiger partial charge in [-0.2, -0.15) is 0 Å². The van der Waals surface area contributed by atoms with Gasteiger partial charge in [0.05, 0.1) is 0 Å². The topological polar surface area (TPSA) is 0 Å². The second kappa shape index (κ2) is 10.1. The van der Waals surface area contributed by atoms with Crippen LogP contribution in [0.3, 0.4) is 0 Å². The highest BCUT2D eigenvalue weighted by molar-refractivity contribution is 5.85. The van der Waals surface area contributed by atoms with E-state index in [-0.39, 0.29) is 5.82 Å². The molecule has 0 saturated carbocycles. The van der Waals surface area contributed by atoms with E-state index in [0.29, 0.717) is 11.8 Å². The van der Waals surface area contributed by atoms with Gasteiger partial charge >= 0.3 is 0 Å². The molecule has 158 valence electrons. The molecule has 0 unspecified atom stereocenters. The van der Waals surface area contributed by atoms with Gasteiger partial charge in [0, 0.05) is 16.5 Å². The van der Waals surface area contributed by atoms with Gasteiger partial charge in [-0.15, -0.1) is 0 Å². The molecule has 0 atom stereocenters. The third kappa shape index (κ3) is 4.98. The second-order valence-electron chi connectivity index (χ2n) is 7.96. The maximum absolute atomic E-state index is 14.8. The van der Waals surface area contributed by atoms with Crippen LogP contribution < -0.4 is 0 Å². The second-order valence-corrected chi connectivity index (χ2v) is 7.96. The van der Waals surface area contributed by atoms with Crippen molar-refractivity contribution in [3.63, 3.8) is 0 Å². The molecule has 0 amide bonds. The van der Waals surface area contributed by atoms with Crippen LogP contribution in [0, 0.1) is 17.7 Å². The van der Waals surface area contributed by atoms with Crippen LogP contribution in [0.15, 0.2) is 91.0 Å². The fraction of sp³-hybridized carbons (Fsp3) is 0.161. The van der Waals surface area contributed by atoms with Crippen molar-refractivity contribution >= 4 is 10.8 Å². The van der Waals surface area contributed by atoms with E-state index in [1.54, 1.807) is 0 Å². The summed E-state index contributed by atoms with van der Waals surface area (Å²) in [4.78, 5) is 0. The molecule has 0 radical (unpaired) electrons. The summed E-state index contributed by atoms with van der Waals surface area (Å²) in [5, 5.41) is 1.54. The Kier molecular flexibility index (Phi) is 6.83. The molecular weight excluding hydrogens is 391 g/mol. The molecule has 4 aromatic rings. The van der Waals surface area contributed by atoms with Crippen molar-refractivity contribution < 1.29 is 4.39 Å². The number of hydrogen-bond acceptors (Lipinski definition) is 0. The molecule has 0 N–H and O–H groups in total. The zero-order chi connectivity index (χ0) is 22.3. The van der Waals surface area contributed by atoms with Crippen LogP contribution >= 0.6 is 0 Å². The van der Waals surface area contributed by atoms with Crippen LogP contribution in [0.5, 0.6) is 0 Å². The number of rotatable bonds is 5. The van der Waals surface area contributed by atoms with E-state index in [1.807, 2.05) is 55.5 Å². The van der Waals surface area contributed by atoms with Crippen molar-refractivity contribution in [3.8, 4) is 23.0 Å². The van der Waals surface area contributed by atoms with Gasteiger partial charge in [-0.3, -0.25) is 0 Å². The summed E-state index contributed by atoms with van der Waals surface area (Å²) >= 11 is 0. The van der Waals surface area contributed by atoms with Gasteiger partial charge in [0.25, 0.3) is 0 Å². The molecule has 0 aliphatic rings. The predicted molar refractivity (Wildman–Crippen MR) is 134 cm³/mol. The SMILES string of the molecule is C/C=C/CCc1ccc2cc(C#Cc3ccc(-c4ccc(CC)cc4)cc3)ccc2c1F. The zero-order valence-corrected chi connectivity index (χ0v) is 18.7. The van der Waals surface area contributed by atoms with Crippen LogP contribution in [0.25, 0.3) is 21.9 Å². The third-order valence-electron chi connectivity index (χ3n) is 5.78. The number of allylic oxidation sites excluding steroid dienone is 2. The van der Waals surface area contributed by atoms with Gasteiger partial charge in [-0.25, -0.2) is 4.39 Å². The highest BCUT2D eigenvalue weighted by Crippen LogP contribution is 2.24. The average molecular weight is 419 g/mol. The summed E-state index contributed by atoms with van der Waals surface area (Å²) in [6.07, 6.45) is 6.68. The number of benzene rings is 4. The summed E-state index contributed by atoms with van der Waals surface area (Å²) in [6.45, 7) is 4.15. The first-order chi connectivity index (χ1) is 15.7. The Morgan fingerprint density at radius 3 is 2.12 bits per heavy atom. The van der Waals surface area contributed by atoms with Gasteiger partial charge in [-0.05, 0) is 78.1 Å². The number of hydrogen-bond donors (Lipinski definition) is 0. The molecule has 0 fully saturated rings. The molecule has 0 aromatic heterocycles. The van der Waals surface area contributed by atoms with Crippen LogP contribution in [0.2, 0.25) is 0 Å². The maximum atomic E-state index is 14.8. The number of halogens is 1. The van der Waals surface area contributed by atoms with Crippen LogP contribution in [0.1, 0.15) is 42.5 Å². The first-order valence-corrected chi connectivity index (χ1v) is 11.2. The number of fused-ring (bicyclic) bond motifs is 1. The van der Waals surface area contributed by atoms with Crippen molar-refractivity contribution in [2.24, 2.45) is 0 Å². The molecule has 0 aliphatic heterocycles. The van der Waals surface area contributed by atoms with E-state index in [9.17, 15) is 4.39 Å². The maximum Gasteiger partial charge on any atom is 0.134 e. The smallest absolute Gasteiger partial charge is 0.134 e. The van der Waals surface area contributed by atoms with Crippen molar-refractivity contribution in [1.82, 2.24) is 0 Å². The summed E-state index contributed by atoms with van der Waals surface area (Å²) in [7, 11) is 0. The minimum Gasteiger partial charge on any atom is -0.206 e. The minimum absolute atomic E-state index is 0.117. The summed E-state index contributed by atoms with van der Waals surface area (Å²) in [6, 6.07) is 26.6. The quantitative estimate of drug-likeness (QED) is 0.227. The first-order valence-electron chi connectivity index (χ1n) is 11.2. The largest absolute Gasteiger partial charge is 0.206 e. The standard InChI is InChI=1S/C31H27F/c1-3-5-6-7-28-19-20-29-22-25(14-21-30(29)31(28)32)9-8-24-12-17-27(18-13-24)26-15-10-23(4-2)11-16-26/h3,5,10-22H,4,6-7H2,1-2H3/b5-3+. The fourth-order valence-corrected chi connectivity index (χ4v) is 3.84. The highest BCUT2D eigenvalue weighted by atomic mass is 19.1. The molecular formula is C31H27F. The predicted octanol–water partition coefficient (Wildman–Crippen LogP) is 8.12. The van der Waals surface area contributed by atoms with Crippen molar-refractivity contribution in [1.29, 1.82) is 0 Å². The van der Waals surface area contributed by atoms with Crippen molar-refractivity contribution in [2.75, 3.05) is 0 Å². The van der Waals surface area contributed by atoms with Crippen molar-refractivity contribution in [2.45, 2.75) is 33.1 Å². The van der Waals surface area contributed by atoms with Gasteiger partial charge in [0.1, 0.15) is 5.82 Å². The Hall–Kier alpha value is -3.63. The molecule has 0 nitrogen and oxygen atoms in total. The normalized spacial score (nSPS) is 11.0. The van der Waals surface area contributed by atoms with Gasteiger partial charge < -0.3 is 0 Å². The van der Waals surface area contributed by atoms with E-state index in [2.05, 4.69) is 61.2 Å². The lowest BCUT2D eigenvalue weighted by Gasteiger charge is -2.06. The monoisotopic (exact) mass is 418 g/mol. The zero-order valence-electron chi connectivity index (χ0n) is 18.7. The van der Waals surface area contributed by atoms with E-state index >= 15 is 0 Å². The lowest BCUT2D eigenvalue weighted by Crippen LogP contribution is -1.92. The molecule has 0 aliphatic carbocycles. The first kappa shape index (κ1) is 21.6. The van der Waals surface area contributed by atoms with Crippen LogP contribution in [-0.2, 0) is 12.8 Å². The summed E-state index contributed by atoms with van der Waals surface area (Å²) in [5.41, 5.74) is 6.35.